The van der Waals surface area contributed by atoms with Gasteiger partial charge in [0.2, 0.25) is 5.91 Å². The molecule has 7 nitrogen and oxygen atoms in total. The summed E-state index contributed by atoms with van der Waals surface area (Å²) in [5.74, 6) is 0.447. The molecular formula is C22H27ClN2O5. The molecule has 5 rings (SSSR count). The Morgan fingerprint density at radius 2 is 1.87 bits per heavy atom. The molecule has 0 radical (unpaired) electrons. The second-order valence-corrected chi connectivity index (χ2v) is 9.61. The summed E-state index contributed by atoms with van der Waals surface area (Å²) < 4.78 is 10.7. The van der Waals surface area contributed by atoms with Crippen molar-refractivity contribution in [3.05, 3.63) is 23.2 Å². The van der Waals surface area contributed by atoms with Crippen molar-refractivity contribution in [2.24, 2.45) is 17.3 Å². The van der Waals surface area contributed by atoms with Gasteiger partial charge in [0.05, 0.1) is 18.2 Å². The first-order valence-electron chi connectivity index (χ1n) is 10.3. The van der Waals surface area contributed by atoms with Crippen LogP contribution in [0.25, 0.3) is 0 Å². The number of nitrogens with one attached hydrogen (secondary N) is 2. The van der Waals surface area contributed by atoms with Gasteiger partial charge in [-0.1, -0.05) is 11.6 Å². The zero-order chi connectivity index (χ0) is 21.5. The molecule has 4 saturated carbocycles. The number of anilines is 1. The molecule has 8 heteroatoms. The highest BCUT2D eigenvalue weighted by molar-refractivity contribution is 6.31. The minimum atomic E-state index is -0.611. The van der Waals surface area contributed by atoms with Crippen LogP contribution in [0.5, 0.6) is 5.75 Å². The lowest BCUT2D eigenvalue weighted by molar-refractivity contribution is -0.176. The number of rotatable bonds is 6. The smallest absolute Gasteiger partial charge is 0.312 e. The van der Waals surface area contributed by atoms with E-state index in [0.717, 1.165) is 32.1 Å². The van der Waals surface area contributed by atoms with Crippen LogP contribution in [0.4, 0.5) is 5.69 Å². The predicted octanol–water partition coefficient (Wildman–Crippen LogP) is 3.31. The number of carbonyl (C=O) groups excluding carboxylic acids is 3. The minimum absolute atomic E-state index is 0.0599. The van der Waals surface area contributed by atoms with Gasteiger partial charge in [-0.3, -0.25) is 14.4 Å². The molecule has 1 aromatic carbocycles. The van der Waals surface area contributed by atoms with Gasteiger partial charge in [-0.25, -0.2) is 0 Å². The fraction of sp³-hybridized carbons (Fsp3) is 0.591. The van der Waals surface area contributed by atoms with E-state index >= 15 is 0 Å². The number of ether oxygens (including phenoxy) is 2. The van der Waals surface area contributed by atoms with Crippen molar-refractivity contribution in [2.45, 2.75) is 51.0 Å². The molecule has 0 saturated heterocycles. The van der Waals surface area contributed by atoms with Crippen molar-refractivity contribution >= 4 is 35.1 Å². The quantitative estimate of drug-likeness (QED) is 0.670. The van der Waals surface area contributed by atoms with Crippen LogP contribution in [0.2, 0.25) is 5.02 Å². The van der Waals surface area contributed by atoms with Crippen LogP contribution in [0.3, 0.4) is 0 Å². The zero-order valence-electron chi connectivity index (χ0n) is 17.3. The molecule has 2 N–H and O–H groups in total. The van der Waals surface area contributed by atoms with Gasteiger partial charge in [0, 0.05) is 17.5 Å². The van der Waals surface area contributed by atoms with Crippen LogP contribution in [0, 0.1) is 17.3 Å². The lowest BCUT2D eigenvalue weighted by atomic mass is 9.47. The summed E-state index contributed by atoms with van der Waals surface area (Å²) in [5.41, 5.74) is -0.503. The number of carbonyl (C=O) groups is 3. The fourth-order valence-corrected chi connectivity index (χ4v) is 6.44. The third-order valence-corrected chi connectivity index (χ3v) is 6.94. The molecule has 0 aromatic heterocycles. The highest BCUT2D eigenvalue weighted by Gasteiger charge is 2.61. The summed E-state index contributed by atoms with van der Waals surface area (Å²) in [7, 11) is 1.50. The molecule has 1 aromatic rings. The first-order valence-corrected chi connectivity index (χ1v) is 10.7. The van der Waals surface area contributed by atoms with E-state index in [1.165, 1.54) is 14.0 Å². The van der Waals surface area contributed by atoms with E-state index in [9.17, 15) is 14.4 Å². The number of halogens is 1. The number of methoxy groups -OCH3 is 1. The molecule has 4 aliphatic rings. The van der Waals surface area contributed by atoms with Gasteiger partial charge in [0.1, 0.15) is 5.75 Å². The molecule has 2 amide bonds. The van der Waals surface area contributed by atoms with Crippen LogP contribution in [-0.4, -0.2) is 37.0 Å². The second kappa shape index (κ2) is 7.76. The third kappa shape index (κ3) is 4.00. The van der Waals surface area contributed by atoms with E-state index in [4.69, 9.17) is 21.1 Å². The van der Waals surface area contributed by atoms with Crippen LogP contribution < -0.4 is 15.4 Å². The van der Waals surface area contributed by atoms with Crippen LogP contribution in [0.15, 0.2) is 18.2 Å². The van der Waals surface area contributed by atoms with Crippen molar-refractivity contribution in [2.75, 3.05) is 19.0 Å². The Labute approximate surface area is 180 Å². The topological polar surface area (TPSA) is 93.7 Å². The number of esters is 1. The molecular weight excluding hydrogens is 408 g/mol. The third-order valence-electron chi connectivity index (χ3n) is 6.71. The molecule has 2 unspecified atom stereocenters. The molecule has 0 aliphatic heterocycles. The average molecular weight is 435 g/mol. The van der Waals surface area contributed by atoms with E-state index in [2.05, 4.69) is 10.6 Å². The molecule has 4 bridgehead atoms. The molecule has 30 heavy (non-hydrogen) atoms. The summed E-state index contributed by atoms with van der Waals surface area (Å²) in [6.45, 7) is 1.15. The normalized spacial score (nSPS) is 31.2. The lowest BCUT2D eigenvalue weighted by Gasteiger charge is -2.60. The van der Waals surface area contributed by atoms with Gasteiger partial charge in [-0.05, 0) is 68.6 Å². The van der Waals surface area contributed by atoms with Crippen LogP contribution >= 0.6 is 11.6 Å². The van der Waals surface area contributed by atoms with Gasteiger partial charge in [0.25, 0.3) is 5.91 Å². The van der Waals surface area contributed by atoms with Gasteiger partial charge in [0.15, 0.2) is 6.61 Å². The molecule has 4 fully saturated rings. The first kappa shape index (κ1) is 21.0. The Hall–Kier alpha value is -2.28. The highest BCUT2D eigenvalue weighted by Crippen LogP contribution is 2.62. The summed E-state index contributed by atoms with van der Waals surface area (Å²) in [6.07, 6.45) is 5.09. The maximum Gasteiger partial charge on any atom is 0.312 e. The summed E-state index contributed by atoms with van der Waals surface area (Å²) in [5, 5.41) is 6.27. The Kier molecular flexibility index (Phi) is 5.43. The standard InChI is InChI=1S/C22H27ClN2O5/c1-13(26)25-22-9-14-5-15(10-22)8-21(7-14,12-22)20(28)30-11-19(27)24-17-6-16(23)3-4-18(17)29-2/h3-4,6,14-15H,5,7-12H2,1-2H3,(H,24,27)(H,25,26). The van der Waals surface area contributed by atoms with E-state index in [1.807, 2.05) is 0 Å². The van der Waals surface area contributed by atoms with Crippen LogP contribution in [-0.2, 0) is 19.1 Å². The molecule has 4 aliphatic carbocycles. The van der Waals surface area contributed by atoms with Crippen molar-refractivity contribution in [3.8, 4) is 5.75 Å². The second-order valence-electron chi connectivity index (χ2n) is 9.17. The highest BCUT2D eigenvalue weighted by atomic mass is 35.5. The molecule has 0 heterocycles. The van der Waals surface area contributed by atoms with Crippen molar-refractivity contribution < 1.29 is 23.9 Å². The van der Waals surface area contributed by atoms with E-state index in [-0.39, 0.29) is 24.0 Å². The SMILES string of the molecule is COc1ccc(Cl)cc1NC(=O)COC(=O)C12CC3CC(CC(NC(C)=O)(C3)C1)C2. The van der Waals surface area contributed by atoms with Crippen LogP contribution in [0.1, 0.15) is 45.4 Å². The van der Waals surface area contributed by atoms with Gasteiger partial charge in [-0.15, -0.1) is 0 Å². The fourth-order valence-electron chi connectivity index (χ4n) is 6.27. The summed E-state index contributed by atoms with van der Waals surface area (Å²) in [6, 6.07) is 4.89. The van der Waals surface area contributed by atoms with E-state index < -0.39 is 11.3 Å². The number of hydrogen-bond donors (Lipinski definition) is 2. The Bertz CT molecular complexity index is 872. The largest absolute Gasteiger partial charge is 0.495 e. The lowest BCUT2D eigenvalue weighted by Crippen LogP contribution is -2.64. The zero-order valence-corrected chi connectivity index (χ0v) is 18.0. The van der Waals surface area contributed by atoms with Crippen molar-refractivity contribution in [1.82, 2.24) is 5.32 Å². The van der Waals surface area contributed by atoms with Gasteiger partial charge < -0.3 is 20.1 Å². The number of benzene rings is 1. The predicted molar refractivity (Wildman–Crippen MR) is 111 cm³/mol. The van der Waals surface area contributed by atoms with Crippen molar-refractivity contribution in [3.63, 3.8) is 0 Å². The van der Waals surface area contributed by atoms with Crippen molar-refractivity contribution in [1.29, 1.82) is 0 Å². The van der Waals surface area contributed by atoms with Gasteiger partial charge >= 0.3 is 5.97 Å². The maximum atomic E-state index is 13.1. The Morgan fingerprint density at radius 3 is 2.50 bits per heavy atom. The Balaban J connectivity index is 1.41. The van der Waals surface area contributed by atoms with E-state index in [0.29, 0.717) is 34.7 Å². The van der Waals surface area contributed by atoms with Gasteiger partial charge in [-0.2, -0.15) is 0 Å². The molecule has 162 valence electrons. The minimum Gasteiger partial charge on any atom is -0.495 e. The molecule has 2 atom stereocenters. The number of amides is 2. The first-order chi connectivity index (χ1) is 14.2. The summed E-state index contributed by atoms with van der Waals surface area (Å²) >= 11 is 5.99. The number of hydrogen-bond acceptors (Lipinski definition) is 5. The Morgan fingerprint density at radius 1 is 1.17 bits per heavy atom. The maximum absolute atomic E-state index is 13.1. The molecule has 0 spiro atoms. The summed E-state index contributed by atoms with van der Waals surface area (Å²) in [4.78, 5) is 37.3. The van der Waals surface area contributed by atoms with E-state index in [1.54, 1.807) is 18.2 Å². The average Bonchev–Trinajstić information content (AvgIpc) is 2.64. The monoisotopic (exact) mass is 434 g/mol.